The third-order valence-corrected chi connectivity index (χ3v) is 4.04. The van der Waals surface area contributed by atoms with Gasteiger partial charge in [0.25, 0.3) is 5.91 Å². The molecule has 0 saturated carbocycles. The Kier molecular flexibility index (Phi) is 3.16. The summed E-state index contributed by atoms with van der Waals surface area (Å²) in [7, 11) is 3.85. The van der Waals surface area contributed by atoms with Gasteiger partial charge in [-0.2, -0.15) is 0 Å². The van der Waals surface area contributed by atoms with Crippen molar-refractivity contribution >= 4 is 23.4 Å². The van der Waals surface area contributed by atoms with Crippen LogP contribution in [0.5, 0.6) is 0 Å². The predicted molar refractivity (Wildman–Crippen MR) is 76.8 cm³/mol. The van der Waals surface area contributed by atoms with Crippen LogP contribution in [0.2, 0.25) is 0 Å². The number of nitrogens with one attached hydrogen (secondary N) is 1. The van der Waals surface area contributed by atoms with Gasteiger partial charge in [0.1, 0.15) is 6.04 Å². The van der Waals surface area contributed by atoms with Crippen molar-refractivity contribution in [3.05, 3.63) is 29.3 Å². The first-order valence-electron chi connectivity index (χ1n) is 6.93. The maximum Gasteiger partial charge on any atom is 0.255 e. The fourth-order valence-electron chi connectivity index (χ4n) is 2.99. The van der Waals surface area contributed by atoms with Crippen molar-refractivity contribution in [3.63, 3.8) is 0 Å². The van der Waals surface area contributed by atoms with E-state index in [-0.39, 0.29) is 24.1 Å². The molecule has 21 heavy (non-hydrogen) atoms. The summed E-state index contributed by atoms with van der Waals surface area (Å²) in [6, 6.07) is 5.04. The Morgan fingerprint density at radius 1 is 1.24 bits per heavy atom. The molecule has 1 fully saturated rings. The molecule has 2 heterocycles. The number of fused-ring (bicyclic) bond motifs is 1. The number of rotatable bonds is 2. The van der Waals surface area contributed by atoms with Crippen LogP contribution in [0.3, 0.4) is 0 Å². The van der Waals surface area contributed by atoms with Crippen molar-refractivity contribution in [2.75, 3.05) is 19.0 Å². The van der Waals surface area contributed by atoms with Crippen LogP contribution >= 0.6 is 0 Å². The average Bonchev–Trinajstić information content (AvgIpc) is 2.76. The largest absolute Gasteiger partial charge is 0.377 e. The summed E-state index contributed by atoms with van der Waals surface area (Å²) in [5, 5.41) is 2.31. The Bertz CT molecular complexity index is 639. The quantitative estimate of drug-likeness (QED) is 0.805. The topological polar surface area (TPSA) is 69.7 Å². The highest BCUT2D eigenvalue weighted by Crippen LogP contribution is 2.33. The fourth-order valence-corrected chi connectivity index (χ4v) is 2.99. The van der Waals surface area contributed by atoms with Crippen LogP contribution in [0.25, 0.3) is 0 Å². The second-order valence-corrected chi connectivity index (χ2v) is 5.60. The van der Waals surface area contributed by atoms with Gasteiger partial charge in [-0.3, -0.25) is 19.7 Å². The van der Waals surface area contributed by atoms with Crippen LogP contribution < -0.4 is 10.2 Å². The van der Waals surface area contributed by atoms with Crippen LogP contribution in [0.1, 0.15) is 28.8 Å². The zero-order valence-electron chi connectivity index (χ0n) is 12.0. The second-order valence-electron chi connectivity index (χ2n) is 5.60. The number of piperidine rings is 1. The molecule has 6 nitrogen and oxygen atoms in total. The highest BCUT2D eigenvalue weighted by Gasteiger charge is 2.39. The molecule has 1 aromatic carbocycles. The number of carbonyl (C=O) groups is 3. The molecule has 0 radical (unpaired) electrons. The minimum Gasteiger partial charge on any atom is -0.377 e. The highest BCUT2D eigenvalue weighted by atomic mass is 16.2. The van der Waals surface area contributed by atoms with Gasteiger partial charge < -0.3 is 9.80 Å². The van der Waals surface area contributed by atoms with E-state index >= 15 is 0 Å². The number of nitrogens with zero attached hydrogens (tertiary/aromatic N) is 2. The van der Waals surface area contributed by atoms with Crippen molar-refractivity contribution in [2.24, 2.45) is 0 Å². The van der Waals surface area contributed by atoms with Crippen LogP contribution in [0.4, 0.5) is 5.69 Å². The Morgan fingerprint density at radius 2 is 2.00 bits per heavy atom. The monoisotopic (exact) mass is 287 g/mol. The Balaban J connectivity index is 1.92. The summed E-state index contributed by atoms with van der Waals surface area (Å²) in [4.78, 5) is 39.3. The Hall–Kier alpha value is -2.37. The molecule has 0 aromatic heterocycles. The Labute approximate surface area is 122 Å². The van der Waals surface area contributed by atoms with Gasteiger partial charge in [-0.1, -0.05) is 6.07 Å². The molecule has 3 rings (SSSR count). The smallest absolute Gasteiger partial charge is 0.255 e. The first-order chi connectivity index (χ1) is 9.99. The molecule has 1 aromatic rings. The maximum absolute atomic E-state index is 12.5. The zero-order valence-corrected chi connectivity index (χ0v) is 12.0. The van der Waals surface area contributed by atoms with Gasteiger partial charge in [0.05, 0.1) is 0 Å². The third kappa shape index (κ3) is 2.16. The molecule has 0 spiro atoms. The summed E-state index contributed by atoms with van der Waals surface area (Å²) >= 11 is 0. The average molecular weight is 287 g/mol. The van der Waals surface area contributed by atoms with E-state index in [1.807, 2.05) is 31.1 Å². The lowest BCUT2D eigenvalue weighted by Gasteiger charge is -2.29. The van der Waals surface area contributed by atoms with Crippen LogP contribution in [-0.2, 0) is 16.1 Å². The van der Waals surface area contributed by atoms with Gasteiger partial charge in [-0.05, 0) is 18.6 Å². The summed E-state index contributed by atoms with van der Waals surface area (Å²) in [5.41, 5.74) is 2.57. The predicted octanol–water partition coefficient (Wildman–Crippen LogP) is 0.514. The van der Waals surface area contributed by atoms with Crippen molar-refractivity contribution < 1.29 is 14.4 Å². The standard InChI is InChI=1S/C15H17N3O3/c1-17(2)11-5-3-4-9-10(11)8-18(15(9)21)12-6-7-13(19)16-14(12)20/h3-5,12H,6-8H2,1-2H3,(H,16,19,20). The lowest BCUT2D eigenvalue weighted by Crippen LogP contribution is -2.52. The van der Waals surface area contributed by atoms with Gasteiger partial charge in [0.2, 0.25) is 11.8 Å². The van der Waals surface area contributed by atoms with Crippen molar-refractivity contribution in [2.45, 2.75) is 25.4 Å². The van der Waals surface area contributed by atoms with Gasteiger partial charge in [0.15, 0.2) is 0 Å². The summed E-state index contributed by atoms with van der Waals surface area (Å²) in [5.74, 6) is -0.781. The van der Waals surface area contributed by atoms with Crippen molar-refractivity contribution in [1.82, 2.24) is 10.2 Å². The second kappa shape index (κ2) is 4.87. The molecule has 0 bridgehead atoms. The summed E-state index contributed by atoms with van der Waals surface area (Å²) < 4.78 is 0. The highest BCUT2D eigenvalue weighted by molar-refractivity contribution is 6.06. The Morgan fingerprint density at radius 3 is 2.67 bits per heavy atom. The zero-order chi connectivity index (χ0) is 15.1. The summed E-state index contributed by atoms with van der Waals surface area (Å²) in [6.07, 6.45) is 0.665. The summed E-state index contributed by atoms with van der Waals surface area (Å²) in [6.45, 7) is 0.412. The first kappa shape index (κ1) is 13.6. The number of hydrogen-bond acceptors (Lipinski definition) is 4. The maximum atomic E-state index is 12.5. The number of amides is 3. The van der Waals surface area contributed by atoms with Gasteiger partial charge in [-0.15, -0.1) is 0 Å². The van der Waals surface area contributed by atoms with Crippen molar-refractivity contribution in [3.8, 4) is 0 Å². The molecule has 110 valence electrons. The minimum absolute atomic E-state index is 0.136. The lowest BCUT2D eigenvalue weighted by molar-refractivity contribution is -0.136. The number of imide groups is 1. The number of hydrogen-bond donors (Lipinski definition) is 1. The van der Waals surface area contributed by atoms with E-state index in [2.05, 4.69) is 5.32 Å². The molecule has 6 heteroatoms. The van der Waals surface area contributed by atoms with Gasteiger partial charge >= 0.3 is 0 Å². The van der Waals surface area contributed by atoms with Crippen molar-refractivity contribution in [1.29, 1.82) is 0 Å². The molecule has 3 amide bonds. The molecule has 1 N–H and O–H groups in total. The van der Waals surface area contributed by atoms with Gasteiger partial charge in [0, 0.05) is 43.9 Å². The minimum atomic E-state index is -0.558. The lowest BCUT2D eigenvalue weighted by atomic mass is 10.0. The van der Waals surface area contributed by atoms with Crippen LogP contribution in [-0.4, -0.2) is 42.8 Å². The van der Waals surface area contributed by atoms with E-state index in [1.54, 1.807) is 11.0 Å². The number of carbonyl (C=O) groups excluding carboxylic acids is 3. The first-order valence-corrected chi connectivity index (χ1v) is 6.93. The normalized spacial score (nSPS) is 21.3. The van der Waals surface area contributed by atoms with E-state index in [4.69, 9.17) is 0 Å². The van der Waals surface area contributed by atoms with Crippen LogP contribution in [0.15, 0.2) is 18.2 Å². The molecule has 2 aliphatic rings. The molecular formula is C15H17N3O3. The molecule has 0 aliphatic carbocycles. The SMILES string of the molecule is CN(C)c1cccc2c1CN(C1CCC(=O)NC1=O)C2=O. The van der Waals surface area contributed by atoms with E-state index in [9.17, 15) is 14.4 Å². The van der Waals surface area contributed by atoms with Gasteiger partial charge in [-0.25, -0.2) is 0 Å². The number of benzene rings is 1. The van der Waals surface area contributed by atoms with Crippen LogP contribution in [0, 0.1) is 0 Å². The molecule has 1 atom stereocenters. The molecule has 1 unspecified atom stereocenters. The molecule has 1 saturated heterocycles. The molecular weight excluding hydrogens is 270 g/mol. The van der Waals surface area contributed by atoms with E-state index in [0.29, 0.717) is 18.5 Å². The number of anilines is 1. The fraction of sp³-hybridized carbons (Fsp3) is 0.400. The molecule has 2 aliphatic heterocycles. The van der Waals surface area contributed by atoms with E-state index < -0.39 is 6.04 Å². The van der Waals surface area contributed by atoms with E-state index in [0.717, 1.165) is 11.3 Å². The van der Waals surface area contributed by atoms with E-state index in [1.165, 1.54) is 0 Å². The third-order valence-electron chi connectivity index (χ3n) is 4.04.